The summed E-state index contributed by atoms with van der Waals surface area (Å²) in [6.45, 7) is -0.555. The van der Waals surface area contributed by atoms with Crippen LogP contribution < -0.4 is 9.04 Å². The molecule has 0 saturated heterocycles. The molecule has 6 nitrogen and oxygen atoms in total. The Bertz CT molecular complexity index is 853. The molecule has 9 heteroatoms. The molecule has 0 aromatic heterocycles. The van der Waals surface area contributed by atoms with Crippen LogP contribution in [0.2, 0.25) is 0 Å². The van der Waals surface area contributed by atoms with Crippen molar-refractivity contribution in [3.05, 3.63) is 54.1 Å². The van der Waals surface area contributed by atoms with E-state index in [1.807, 2.05) is 0 Å². The first kappa shape index (κ1) is 17.7. The molecule has 0 aliphatic rings. The monoisotopic (exact) mass is 357 g/mol. The third kappa shape index (κ3) is 3.80. The topological polar surface area (TPSA) is 83.9 Å². The van der Waals surface area contributed by atoms with Crippen molar-refractivity contribution in [2.45, 2.75) is 4.90 Å². The Morgan fingerprint density at radius 3 is 2.29 bits per heavy atom. The van der Waals surface area contributed by atoms with E-state index in [-0.39, 0.29) is 16.3 Å². The zero-order chi connectivity index (χ0) is 17.9. The van der Waals surface area contributed by atoms with Gasteiger partial charge in [-0.1, -0.05) is 0 Å². The van der Waals surface area contributed by atoms with E-state index in [1.165, 1.54) is 31.3 Å². The molecule has 2 aromatic carbocycles. The average Bonchev–Trinajstić information content (AvgIpc) is 2.55. The van der Waals surface area contributed by atoms with Gasteiger partial charge in [-0.2, -0.15) is 0 Å². The normalized spacial score (nSPS) is 11.1. The highest BCUT2D eigenvalue weighted by atomic mass is 32.2. The number of carboxylic acid groups (broad SMARTS) is 1. The summed E-state index contributed by atoms with van der Waals surface area (Å²) in [5, 5.41) is 8.51. The number of anilines is 1. The second-order valence-corrected chi connectivity index (χ2v) is 6.69. The smallest absolute Gasteiger partial charge is 0.341 e. The molecule has 0 atom stereocenters. The Morgan fingerprint density at radius 2 is 1.75 bits per heavy atom. The summed E-state index contributed by atoms with van der Waals surface area (Å²) in [4.78, 5) is 10.3. The largest absolute Gasteiger partial charge is 0.482 e. The van der Waals surface area contributed by atoms with Gasteiger partial charge in [-0.05, 0) is 36.4 Å². The molecule has 1 N–H and O–H groups in total. The van der Waals surface area contributed by atoms with Gasteiger partial charge in [-0.3, -0.25) is 4.31 Å². The van der Waals surface area contributed by atoms with Crippen LogP contribution in [0.5, 0.6) is 5.75 Å². The summed E-state index contributed by atoms with van der Waals surface area (Å²) >= 11 is 0. The third-order valence-electron chi connectivity index (χ3n) is 3.11. The van der Waals surface area contributed by atoms with E-state index in [4.69, 9.17) is 9.84 Å². The molecule has 0 bridgehead atoms. The molecule has 2 aromatic rings. The molecule has 0 amide bonds. The third-order valence-corrected chi connectivity index (χ3v) is 4.91. The van der Waals surface area contributed by atoms with Crippen molar-refractivity contribution in [1.82, 2.24) is 0 Å². The Morgan fingerprint density at radius 1 is 1.12 bits per heavy atom. The molecule has 0 fully saturated rings. The quantitative estimate of drug-likeness (QED) is 0.857. The second-order valence-electron chi connectivity index (χ2n) is 4.72. The molecular formula is C15H13F2NO5S. The Balaban J connectivity index is 2.25. The van der Waals surface area contributed by atoms with Crippen molar-refractivity contribution < 1.29 is 31.8 Å². The van der Waals surface area contributed by atoms with Gasteiger partial charge in [0.05, 0.1) is 10.6 Å². The number of hydrogen-bond donors (Lipinski definition) is 1. The lowest BCUT2D eigenvalue weighted by molar-refractivity contribution is -0.139. The molecule has 0 spiro atoms. The van der Waals surface area contributed by atoms with E-state index in [9.17, 15) is 22.0 Å². The molecule has 128 valence electrons. The van der Waals surface area contributed by atoms with E-state index in [2.05, 4.69) is 0 Å². The minimum Gasteiger partial charge on any atom is -0.482 e. The zero-order valence-electron chi connectivity index (χ0n) is 12.4. The van der Waals surface area contributed by atoms with Crippen molar-refractivity contribution in [1.29, 1.82) is 0 Å². The van der Waals surface area contributed by atoms with Gasteiger partial charge in [0.25, 0.3) is 10.0 Å². The van der Waals surface area contributed by atoms with Crippen molar-refractivity contribution in [2.24, 2.45) is 0 Å². The van der Waals surface area contributed by atoms with Crippen molar-refractivity contribution in [3.8, 4) is 5.75 Å². The molecular weight excluding hydrogens is 344 g/mol. The maximum absolute atomic E-state index is 13.3. The number of sulfonamides is 1. The second kappa shape index (κ2) is 6.83. The maximum atomic E-state index is 13.3. The van der Waals surface area contributed by atoms with E-state index < -0.39 is 34.2 Å². The van der Waals surface area contributed by atoms with Crippen molar-refractivity contribution in [3.63, 3.8) is 0 Å². The zero-order valence-corrected chi connectivity index (χ0v) is 13.3. The van der Waals surface area contributed by atoms with E-state index in [0.29, 0.717) is 0 Å². The van der Waals surface area contributed by atoms with Gasteiger partial charge in [-0.15, -0.1) is 0 Å². The van der Waals surface area contributed by atoms with E-state index >= 15 is 0 Å². The van der Waals surface area contributed by atoms with Crippen molar-refractivity contribution >= 4 is 21.7 Å². The number of carbonyl (C=O) groups is 1. The molecule has 24 heavy (non-hydrogen) atoms. The number of ether oxygens (including phenoxy) is 1. The predicted molar refractivity (Wildman–Crippen MR) is 81.5 cm³/mol. The summed E-state index contributed by atoms with van der Waals surface area (Å²) in [7, 11) is -2.79. The van der Waals surface area contributed by atoms with Crippen LogP contribution in [0.25, 0.3) is 0 Å². The molecule has 0 heterocycles. The average molecular weight is 357 g/mol. The van der Waals surface area contributed by atoms with E-state index in [1.54, 1.807) is 0 Å². The number of rotatable bonds is 6. The van der Waals surface area contributed by atoms with Crippen LogP contribution in [-0.4, -0.2) is 33.1 Å². The van der Waals surface area contributed by atoms with Crippen molar-refractivity contribution in [2.75, 3.05) is 18.0 Å². The van der Waals surface area contributed by atoms with Gasteiger partial charge in [0.2, 0.25) is 0 Å². The first-order valence-electron chi connectivity index (χ1n) is 6.60. The number of nitrogens with zero attached hydrogens (tertiary/aromatic N) is 1. The Kier molecular flexibility index (Phi) is 5.03. The number of halogens is 2. The number of hydrogen-bond acceptors (Lipinski definition) is 4. The Labute approximate surface area is 137 Å². The number of benzene rings is 2. The lowest BCUT2D eigenvalue weighted by Crippen LogP contribution is -2.26. The number of carboxylic acids is 1. The lowest BCUT2D eigenvalue weighted by Gasteiger charge is -2.19. The minimum atomic E-state index is -4.00. The molecule has 0 saturated carbocycles. The summed E-state index contributed by atoms with van der Waals surface area (Å²) in [6, 6.07) is 7.80. The van der Waals surface area contributed by atoms with Gasteiger partial charge in [-0.25, -0.2) is 22.0 Å². The van der Waals surface area contributed by atoms with Crippen LogP contribution in [-0.2, 0) is 14.8 Å². The molecule has 0 unspecified atom stereocenters. The summed E-state index contributed by atoms with van der Waals surface area (Å²) in [5.74, 6) is -3.21. The minimum absolute atomic E-state index is 0.0416. The van der Waals surface area contributed by atoms with Gasteiger partial charge in [0.15, 0.2) is 18.2 Å². The lowest BCUT2D eigenvalue weighted by atomic mass is 10.3. The Hall–Kier alpha value is -2.68. The SMILES string of the molecule is CN(c1ccc(F)c(F)c1)S(=O)(=O)c1ccc(OCC(=O)O)cc1. The van der Waals surface area contributed by atoms with Gasteiger partial charge in [0, 0.05) is 13.1 Å². The van der Waals surface area contributed by atoms with Crippen LogP contribution in [0.3, 0.4) is 0 Å². The molecule has 0 radical (unpaired) electrons. The number of aliphatic carboxylic acids is 1. The summed E-state index contributed by atoms with van der Waals surface area (Å²) in [5.41, 5.74) is -0.0416. The highest BCUT2D eigenvalue weighted by molar-refractivity contribution is 7.92. The van der Waals surface area contributed by atoms with Gasteiger partial charge >= 0.3 is 5.97 Å². The highest BCUT2D eigenvalue weighted by Crippen LogP contribution is 2.25. The first-order chi connectivity index (χ1) is 11.2. The fraction of sp³-hybridized carbons (Fsp3) is 0.133. The summed E-state index contributed by atoms with van der Waals surface area (Å²) < 4.78 is 56.9. The fourth-order valence-corrected chi connectivity index (χ4v) is 3.02. The first-order valence-corrected chi connectivity index (χ1v) is 8.04. The molecule has 2 rings (SSSR count). The molecule has 0 aliphatic heterocycles. The molecule has 0 aliphatic carbocycles. The highest BCUT2D eigenvalue weighted by Gasteiger charge is 2.22. The van der Waals surface area contributed by atoms with Gasteiger partial charge < -0.3 is 9.84 Å². The van der Waals surface area contributed by atoms with Crippen LogP contribution in [0, 0.1) is 11.6 Å². The van der Waals surface area contributed by atoms with Crippen LogP contribution in [0.1, 0.15) is 0 Å². The van der Waals surface area contributed by atoms with Crippen LogP contribution >= 0.6 is 0 Å². The fourth-order valence-electron chi connectivity index (χ4n) is 1.83. The van der Waals surface area contributed by atoms with E-state index in [0.717, 1.165) is 22.5 Å². The standard InChI is InChI=1S/C15H13F2NO5S/c1-18(10-2-7-13(16)14(17)8-10)24(21,22)12-5-3-11(4-6-12)23-9-15(19)20/h2-8H,9H2,1H3,(H,19,20). The van der Waals surface area contributed by atoms with Crippen LogP contribution in [0.4, 0.5) is 14.5 Å². The van der Waals surface area contributed by atoms with Gasteiger partial charge in [0.1, 0.15) is 5.75 Å². The predicted octanol–water partition coefficient (Wildman–Crippen LogP) is 2.25. The maximum Gasteiger partial charge on any atom is 0.341 e. The van der Waals surface area contributed by atoms with Crippen LogP contribution in [0.15, 0.2) is 47.4 Å². The summed E-state index contributed by atoms with van der Waals surface area (Å²) in [6.07, 6.45) is 0.